The number of halogens is 1. The number of benzene rings is 1. The summed E-state index contributed by atoms with van der Waals surface area (Å²) in [7, 11) is 1.65. The number of carbonyl (C=O) groups excluding carboxylic acids is 1. The SMILES string of the molecule is CCN(C(=O)CCc1ccc(Cl)s1)C(C)c1cccc(OC)c1. The monoisotopic (exact) mass is 351 g/mol. The van der Waals surface area contributed by atoms with E-state index in [1.807, 2.05) is 48.2 Å². The molecule has 2 rings (SSSR count). The largest absolute Gasteiger partial charge is 0.497 e. The van der Waals surface area contributed by atoms with E-state index in [-0.39, 0.29) is 11.9 Å². The van der Waals surface area contributed by atoms with Crippen LogP contribution in [0.5, 0.6) is 5.75 Å². The molecule has 3 nitrogen and oxygen atoms in total. The first kappa shape index (κ1) is 17.8. The van der Waals surface area contributed by atoms with Crippen LogP contribution in [0.25, 0.3) is 0 Å². The Labute approximate surface area is 146 Å². The molecule has 1 atom stereocenters. The van der Waals surface area contributed by atoms with E-state index < -0.39 is 0 Å². The molecule has 1 amide bonds. The first-order valence-electron chi connectivity index (χ1n) is 7.72. The van der Waals surface area contributed by atoms with Crippen LogP contribution in [0.1, 0.15) is 36.8 Å². The van der Waals surface area contributed by atoms with Crippen LogP contribution in [0.15, 0.2) is 36.4 Å². The fraction of sp³-hybridized carbons (Fsp3) is 0.389. The van der Waals surface area contributed by atoms with Gasteiger partial charge in [-0.15, -0.1) is 11.3 Å². The maximum Gasteiger partial charge on any atom is 0.223 e. The fourth-order valence-corrected chi connectivity index (χ4v) is 3.69. The molecule has 0 radical (unpaired) electrons. The Morgan fingerprint density at radius 2 is 2.13 bits per heavy atom. The molecule has 0 aliphatic rings. The maximum absolute atomic E-state index is 12.6. The molecule has 0 spiro atoms. The summed E-state index contributed by atoms with van der Waals surface area (Å²) in [6, 6.07) is 11.8. The Balaban J connectivity index is 2.03. The molecule has 1 aromatic heterocycles. The van der Waals surface area contributed by atoms with E-state index in [4.69, 9.17) is 16.3 Å². The van der Waals surface area contributed by atoms with Gasteiger partial charge in [-0.1, -0.05) is 23.7 Å². The van der Waals surface area contributed by atoms with E-state index in [0.717, 1.165) is 26.9 Å². The van der Waals surface area contributed by atoms with E-state index in [0.29, 0.717) is 13.0 Å². The summed E-state index contributed by atoms with van der Waals surface area (Å²) >= 11 is 7.47. The van der Waals surface area contributed by atoms with Crippen LogP contribution in [-0.2, 0) is 11.2 Å². The number of amides is 1. The molecule has 1 aromatic carbocycles. The Kier molecular flexibility index (Phi) is 6.48. The molecule has 1 unspecified atom stereocenters. The number of thiophene rings is 1. The van der Waals surface area contributed by atoms with Crippen LogP contribution in [0, 0.1) is 0 Å². The number of methoxy groups -OCH3 is 1. The van der Waals surface area contributed by atoms with Crippen molar-refractivity contribution in [1.29, 1.82) is 0 Å². The lowest BCUT2D eigenvalue weighted by Gasteiger charge is -2.28. The topological polar surface area (TPSA) is 29.5 Å². The van der Waals surface area contributed by atoms with Gasteiger partial charge in [-0.25, -0.2) is 0 Å². The Morgan fingerprint density at radius 3 is 2.74 bits per heavy atom. The van der Waals surface area contributed by atoms with Crippen LogP contribution in [-0.4, -0.2) is 24.5 Å². The first-order valence-corrected chi connectivity index (χ1v) is 8.92. The number of ether oxygens (including phenoxy) is 1. The van der Waals surface area contributed by atoms with Gasteiger partial charge in [-0.05, 0) is 50.1 Å². The summed E-state index contributed by atoms with van der Waals surface area (Å²) in [6.07, 6.45) is 1.23. The van der Waals surface area contributed by atoms with Gasteiger partial charge < -0.3 is 9.64 Å². The van der Waals surface area contributed by atoms with Gasteiger partial charge in [0, 0.05) is 17.8 Å². The molecule has 0 N–H and O–H groups in total. The van der Waals surface area contributed by atoms with Crippen molar-refractivity contribution in [2.75, 3.05) is 13.7 Å². The molecule has 0 aliphatic carbocycles. The van der Waals surface area contributed by atoms with Gasteiger partial charge in [0.15, 0.2) is 0 Å². The van der Waals surface area contributed by atoms with E-state index in [1.165, 1.54) is 11.3 Å². The summed E-state index contributed by atoms with van der Waals surface area (Å²) in [5, 5.41) is 0. The number of nitrogens with zero attached hydrogens (tertiary/aromatic N) is 1. The number of aryl methyl sites for hydroxylation is 1. The van der Waals surface area contributed by atoms with Crippen molar-refractivity contribution in [3.05, 3.63) is 51.2 Å². The summed E-state index contributed by atoms with van der Waals surface area (Å²) in [6.45, 7) is 4.75. The van der Waals surface area contributed by atoms with Crippen molar-refractivity contribution in [2.24, 2.45) is 0 Å². The summed E-state index contributed by atoms with van der Waals surface area (Å²) in [5.74, 6) is 0.971. The maximum atomic E-state index is 12.6. The van der Waals surface area contributed by atoms with Crippen molar-refractivity contribution >= 4 is 28.8 Å². The molecular formula is C18H22ClNO2S. The van der Waals surface area contributed by atoms with Gasteiger partial charge in [-0.2, -0.15) is 0 Å². The molecule has 5 heteroatoms. The van der Waals surface area contributed by atoms with Crippen LogP contribution in [0.2, 0.25) is 4.34 Å². The highest BCUT2D eigenvalue weighted by molar-refractivity contribution is 7.16. The molecule has 0 saturated heterocycles. The van der Waals surface area contributed by atoms with Gasteiger partial charge in [-0.3, -0.25) is 4.79 Å². The quantitative estimate of drug-likeness (QED) is 0.706. The van der Waals surface area contributed by atoms with E-state index in [1.54, 1.807) is 7.11 Å². The summed E-state index contributed by atoms with van der Waals surface area (Å²) in [4.78, 5) is 15.6. The molecule has 23 heavy (non-hydrogen) atoms. The number of carbonyl (C=O) groups is 1. The average molecular weight is 352 g/mol. The molecule has 0 bridgehead atoms. The van der Waals surface area contributed by atoms with Crippen LogP contribution < -0.4 is 4.74 Å². The van der Waals surface area contributed by atoms with Crippen LogP contribution in [0.4, 0.5) is 0 Å². The molecule has 0 saturated carbocycles. The van der Waals surface area contributed by atoms with Gasteiger partial charge >= 0.3 is 0 Å². The Bertz CT molecular complexity index is 656. The first-order chi connectivity index (χ1) is 11.0. The fourth-order valence-electron chi connectivity index (χ4n) is 2.61. The summed E-state index contributed by atoms with van der Waals surface area (Å²) in [5.41, 5.74) is 1.08. The highest BCUT2D eigenvalue weighted by atomic mass is 35.5. The molecule has 1 heterocycles. The van der Waals surface area contributed by atoms with E-state index in [2.05, 4.69) is 6.92 Å². The van der Waals surface area contributed by atoms with E-state index in [9.17, 15) is 4.79 Å². The normalized spacial score (nSPS) is 12.0. The standard InChI is InChI=1S/C18H22ClNO2S/c1-4-20(13(2)14-6-5-7-15(12-14)22-3)18(21)11-9-16-8-10-17(19)23-16/h5-8,10,12-13H,4,9,11H2,1-3H3. The van der Waals surface area contributed by atoms with Crippen molar-refractivity contribution in [2.45, 2.75) is 32.7 Å². The molecule has 124 valence electrons. The second-order valence-corrected chi connectivity index (χ2v) is 7.14. The third-order valence-electron chi connectivity index (χ3n) is 3.92. The number of rotatable bonds is 7. The van der Waals surface area contributed by atoms with Crippen molar-refractivity contribution < 1.29 is 9.53 Å². The van der Waals surface area contributed by atoms with Gasteiger partial charge in [0.1, 0.15) is 5.75 Å². The van der Waals surface area contributed by atoms with Crippen LogP contribution in [0.3, 0.4) is 0 Å². The van der Waals surface area contributed by atoms with Crippen molar-refractivity contribution in [3.63, 3.8) is 0 Å². The third kappa shape index (κ3) is 4.72. The van der Waals surface area contributed by atoms with Crippen molar-refractivity contribution in [3.8, 4) is 5.75 Å². The third-order valence-corrected chi connectivity index (χ3v) is 5.21. The average Bonchev–Trinajstić information content (AvgIpc) is 2.99. The number of hydrogen-bond acceptors (Lipinski definition) is 3. The Morgan fingerprint density at radius 1 is 1.35 bits per heavy atom. The molecule has 2 aromatic rings. The highest BCUT2D eigenvalue weighted by Crippen LogP contribution is 2.26. The van der Waals surface area contributed by atoms with E-state index >= 15 is 0 Å². The second-order valence-electron chi connectivity index (χ2n) is 5.34. The minimum absolute atomic E-state index is 0.0227. The molecule has 0 fully saturated rings. The lowest BCUT2D eigenvalue weighted by molar-refractivity contribution is -0.133. The summed E-state index contributed by atoms with van der Waals surface area (Å²) < 4.78 is 6.04. The highest BCUT2D eigenvalue weighted by Gasteiger charge is 2.20. The smallest absolute Gasteiger partial charge is 0.223 e. The predicted molar refractivity (Wildman–Crippen MR) is 96.4 cm³/mol. The van der Waals surface area contributed by atoms with Crippen LogP contribution >= 0.6 is 22.9 Å². The van der Waals surface area contributed by atoms with Gasteiger partial charge in [0.2, 0.25) is 5.91 Å². The molecule has 0 aliphatic heterocycles. The van der Waals surface area contributed by atoms with Gasteiger partial charge in [0.25, 0.3) is 0 Å². The number of hydrogen-bond donors (Lipinski definition) is 0. The van der Waals surface area contributed by atoms with Crippen molar-refractivity contribution in [1.82, 2.24) is 4.90 Å². The molecular weight excluding hydrogens is 330 g/mol. The lowest BCUT2D eigenvalue weighted by atomic mass is 10.1. The minimum Gasteiger partial charge on any atom is -0.497 e. The second kappa shape index (κ2) is 8.37. The zero-order chi connectivity index (χ0) is 16.8. The minimum atomic E-state index is 0.0227. The van der Waals surface area contributed by atoms with Gasteiger partial charge in [0.05, 0.1) is 17.5 Å². The zero-order valence-electron chi connectivity index (χ0n) is 13.7. The zero-order valence-corrected chi connectivity index (χ0v) is 15.3. The Hall–Kier alpha value is -1.52. The lowest BCUT2D eigenvalue weighted by Crippen LogP contribution is -2.33. The predicted octanol–water partition coefficient (Wildman–Crippen LogP) is 4.95.